The highest BCUT2D eigenvalue weighted by atomic mass is 16.5. The van der Waals surface area contributed by atoms with Crippen molar-refractivity contribution in [3.8, 4) is 11.5 Å². The standard InChI is InChI=1S/C17H29NO2/c1-4-12-19-16-9-5-6-10-17(16)20-13-8-7-11-18-14-15(2)3/h5-6,9-10,15,18H,4,7-8,11-14H2,1-3H3. The topological polar surface area (TPSA) is 30.5 Å². The molecule has 1 aromatic carbocycles. The number of rotatable bonds is 11. The Hall–Kier alpha value is -1.22. The van der Waals surface area contributed by atoms with Crippen molar-refractivity contribution in [1.29, 1.82) is 0 Å². The molecule has 20 heavy (non-hydrogen) atoms. The lowest BCUT2D eigenvalue weighted by Gasteiger charge is -2.12. The van der Waals surface area contributed by atoms with Crippen LogP contribution in [0.5, 0.6) is 11.5 Å². The summed E-state index contributed by atoms with van der Waals surface area (Å²) in [7, 11) is 0. The summed E-state index contributed by atoms with van der Waals surface area (Å²) in [5, 5.41) is 3.44. The molecular formula is C17H29NO2. The molecule has 114 valence electrons. The van der Waals surface area contributed by atoms with Gasteiger partial charge in [-0.25, -0.2) is 0 Å². The van der Waals surface area contributed by atoms with Crippen molar-refractivity contribution in [1.82, 2.24) is 5.32 Å². The number of hydrogen-bond acceptors (Lipinski definition) is 3. The second-order valence-corrected chi connectivity index (χ2v) is 5.45. The van der Waals surface area contributed by atoms with Gasteiger partial charge in [-0.3, -0.25) is 0 Å². The van der Waals surface area contributed by atoms with Gasteiger partial charge < -0.3 is 14.8 Å². The van der Waals surface area contributed by atoms with E-state index in [0.29, 0.717) is 5.92 Å². The van der Waals surface area contributed by atoms with E-state index in [1.165, 1.54) is 0 Å². The molecule has 1 aromatic rings. The lowest BCUT2D eigenvalue weighted by molar-refractivity contribution is 0.263. The summed E-state index contributed by atoms with van der Waals surface area (Å²) in [5.41, 5.74) is 0. The van der Waals surface area contributed by atoms with Crippen LogP contribution in [0.4, 0.5) is 0 Å². The summed E-state index contributed by atoms with van der Waals surface area (Å²) >= 11 is 0. The molecule has 3 nitrogen and oxygen atoms in total. The highest BCUT2D eigenvalue weighted by Gasteiger charge is 2.03. The van der Waals surface area contributed by atoms with E-state index in [1.54, 1.807) is 0 Å². The maximum atomic E-state index is 5.81. The summed E-state index contributed by atoms with van der Waals surface area (Å²) in [4.78, 5) is 0. The van der Waals surface area contributed by atoms with E-state index in [0.717, 1.165) is 57.1 Å². The number of hydrogen-bond donors (Lipinski definition) is 1. The molecule has 1 rings (SSSR count). The Morgan fingerprint density at radius 3 is 2.25 bits per heavy atom. The predicted molar refractivity (Wildman–Crippen MR) is 84.7 cm³/mol. The maximum absolute atomic E-state index is 5.81. The number of ether oxygens (including phenoxy) is 2. The molecule has 0 aliphatic heterocycles. The average molecular weight is 279 g/mol. The molecule has 0 heterocycles. The van der Waals surface area contributed by atoms with Crippen LogP contribution in [0.1, 0.15) is 40.0 Å². The zero-order valence-electron chi connectivity index (χ0n) is 13.2. The molecule has 0 aliphatic carbocycles. The Morgan fingerprint density at radius 2 is 1.65 bits per heavy atom. The van der Waals surface area contributed by atoms with Crippen molar-refractivity contribution in [3.05, 3.63) is 24.3 Å². The molecular weight excluding hydrogens is 250 g/mol. The van der Waals surface area contributed by atoms with Crippen LogP contribution < -0.4 is 14.8 Å². The van der Waals surface area contributed by atoms with Crippen LogP contribution in [-0.2, 0) is 0 Å². The first-order chi connectivity index (χ1) is 9.74. The van der Waals surface area contributed by atoms with Crippen molar-refractivity contribution < 1.29 is 9.47 Å². The summed E-state index contributed by atoms with van der Waals surface area (Å²) in [5.74, 6) is 2.43. The largest absolute Gasteiger partial charge is 0.490 e. The fraction of sp³-hybridized carbons (Fsp3) is 0.647. The molecule has 1 N–H and O–H groups in total. The van der Waals surface area contributed by atoms with Gasteiger partial charge in [0.05, 0.1) is 13.2 Å². The molecule has 0 radical (unpaired) electrons. The first-order valence-corrected chi connectivity index (χ1v) is 7.79. The highest BCUT2D eigenvalue weighted by Crippen LogP contribution is 2.26. The minimum atomic E-state index is 0.717. The van der Waals surface area contributed by atoms with Gasteiger partial charge in [0.25, 0.3) is 0 Å². The van der Waals surface area contributed by atoms with Crippen LogP contribution >= 0.6 is 0 Å². The van der Waals surface area contributed by atoms with Crippen LogP contribution in [0.15, 0.2) is 24.3 Å². The zero-order chi connectivity index (χ0) is 14.6. The van der Waals surface area contributed by atoms with E-state index in [-0.39, 0.29) is 0 Å². The van der Waals surface area contributed by atoms with Gasteiger partial charge in [-0.05, 0) is 50.4 Å². The number of unbranched alkanes of at least 4 members (excludes halogenated alkanes) is 1. The smallest absolute Gasteiger partial charge is 0.161 e. The van der Waals surface area contributed by atoms with E-state index in [4.69, 9.17) is 9.47 Å². The predicted octanol–water partition coefficient (Wildman–Crippen LogP) is 3.88. The molecule has 0 bridgehead atoms. The van der Waals surface area contributed by atoms with Gasteiger partial charge in [-0.1, -0.05) is 32.9 Å². The summed E-state index contributed by atoms with van der Waals surface area (Å²) in [6.07, 6.45) is 3.22. The SMILES string of the molecule is CCCOc1ccccc1OCCCCNCC(C)C. The van der Waals surface area contributed by atoms with Gasteiger partial charge in [0, 0.05) is 0 Å². The van der Waals surface area contributed by atoms with Crippen LogP contribution in [0.2, 0.25) is 0 Å². The summed E-state index contributed by atoms with van der Waals surface area (Å²) in [6.45, 7) is 10.2. The lowest BCUT2D eigenvalue weighted by atomic mass is 10.2. The summed E-state index contributed by atoms with van der Waals surface area (Å²) in [6, 6.07) is 7.91. The fourth-order valence-electron chi connectivity index (χ4n) is 1.83. The molecule has 0 fully saturated rings. The average Bonchev–Trinajstić information content (AvgIpc) is 2.44. The van der Waals surface area contributed by atoms with Gasteiger partial charge >= 0.3 is 0 Å². The van der Waals surface area contributed by atoms with Crippen LogP contribution in [0.25, 0.3) is 0 Å². The molecule has 0 aromatic heterocycles. The lowest BCUT2D eigenvalue weighted by Crippen LogP contribution is -2.21. The molecule has 0 amide bonds. The van der Waals surface area contributed by atoms with Crippen LogP contribution in [0, 0.1) is 5.92 Å². The number of benzene rings is 1. The molecule has 0 aliphatic rings. The monoisotopic (exact) mass is 279 g/mol. The van der Waals surface area contributed by atoms with Gasteiger partial charge in [0.15, 0.2) is 11.5 Å². The number of para-hydroxylation sites is 2. The van der Waals surface area contributed by atoms with Gasteiger partial charge in [0.2, 0.25) is 0 Å². The van der Waals surface area contributed by atoms with Crippen molar-refractivity contribution in [2.75, 3.05) is 26.3 Å². The van der Waals surface area contributed by atoms with E-state index in [9.17, 15) is 0 Å². The third-order valence-corrected chi connectivity index (χ3v) is 2.87. The first-order valence-electron chi connectivity index (χ1n) is 7.79. The van der Waals surface area contributed by atoms with E-state index in [1.807, 2.05) is 24.3 Å². The van der Waals surface area contributed by atoms with Crippen molar-refractivity contribution in [3.63, 3.8) is 0 Å². The fourth-order valence-corrected chi connectivity index (χ4v) is 1.83. The Bertz CT molecular complexity index is 353. The zero-order valence-corrected chi connectivity index (χ0v) is 13.2. The molecule has 0 atom stereocenters. The quantitative estimate of drug-likeness (QED) is 0.624. The first kappa shape index (κ1) is 16.8. The van der Waals surface area contributed by atoms with Gasteiger partial charge in [-0.15, -0.1) is 0 Å². The highest BCUT2D eigenvalue weighted by molar-refractivity contribution is 5.39. The maximum Gasteiger partial charge on any atom is 0.161 e. The second-order valence-electron chi connectivity index (χ2n) is 5.45. The van der Waals surface area contributed by atoms with Crippen LogP contribution in [0.3, 0.4) is 0 Å². The van der Waals surface area contributed by atoms with Gasteiger partial charge in [0.1, 0.15) is 0 Å². The van der Waals surface area contributed by atoms with E-state index < -0.39 is 0 Å². The van der Waals surface area contributed by atoms with E-state index in [2.05, 4.69) is 26.1 Å². The Balaban J connectivity index is 2.18. The van der Waals surface area contributed by atoms with Gasteiger partial charge in [-0.2, -0.15) is 0 Å². The van der Waals surface area contributed by atoms with Crippen molar-refractivity contribution >= 4 is 0 Å². The Morgan fingerprint density at radius 1 is 1.00 bits per heavy atom. The Labute approximate surface area is 123 Å². The molecule has 0 spiro atoms. The van der Waals surface area contributed by atoms with Crippen LogP contribution in [-0.4, -0.2) is 26.3 Å². The minimum Gasteiger partial charge on any atom is -0.490 e. The van der Waals surface area contributed by atoms with Crippen molar-refractivity contribution in [2.24, 2.45) is 5.92 Å². The van der Waals surface area contributed by atoms with E-state index >= 15 is 0 Å². The molecule has 3 heteroatoms. The number of nitrogens with one attached hydrogen (secondary N) is 1. The summed E-state index contributed by atoms with van der Waals surface area (Å²) < 4.78 is 11.5. The molecule has 0 saturated carbocycles. The van der Waals surface area contributed by atoms with Crippen molar-refractivity contribution in [2.45, 2.75) is 40.0 Å². The molecule has 0 saturated heterocycles. The minimum absolute atomic E-state index is 0.717. The second kappa shape index (κ2) is 10.6. The third kappa shape index (κ3) is 7.39. The molecule has 0 unspecified atom stereocenters. The normalized spacial score (nSPS) is 10.8. The Kier molecular flexibility index (Phi) is 8.88. The third-order valence-electron chi connectivity index (χ3n) is 2.87.